The number of nitrogens with zero attached hydrogens (tertiary/aromatic N) is 4. The SMILES string of the molecule is CNc1[c-]ccc(-c2cc(=N)n3cc(N4CCC(N(C)C)CC4)cc(C)c3n2)c1.[CH3-].[U+2]. The fourth-order valence-corrected chi connectivity index (χ4v) is 4.11. The van der Waals surface area contributed by atoms with E-state index in [-0.39, 0.29) is 38.5 Å². The summed E-state index contributed by atoms with van der Waals surface area (Å²) >= 11 is 0. The molecule has 2 aromatic heterocycles. The fourth-order valence-electron chi connectivity index (χ4n) is 4.11. The second kappa shape index (κ2) is 10.7. The van der Waals surface area contributed by atoms with Crippen molar-refractivity contribution < 1.29 is 31.1 Å². The normalized spacial score (nSPS) is 14.3. The molecule has 1 aromatic carbocycles. The molecule has 1 fully saturated rings. The maximum Gasteiger partial charge on any atom is 2.00 e. The van der Waals surface area contributed by atoms with Crippen LogP contribution in [0.15, 0.2) is 36.5 Å². The third-order valence-electron chi connectivity index (χ3n) is 5.89. The van der Waals surface area contributed by atoms with Gasteiger partial charge in [-0.05, 0) is 45.5 Å². The van der Waals surface area contributed by atoms with E-state index in [0.29, 0.717) is 11.5 Å². The molecule has 7 heteroatoms. The van der Waals surface area contributed by atoms with Gasteiger partial charge in [0.1, 0.15) is 11.1 Å². The molecule has 31 heavy (non-hydrogen) atoms. The molecule has 0 aliphatic carbocycles. The van der Waals surface area contributed by atoms with Crippen LogP contribution in [0.3, 0.4) is 0 Å². The van der Waals surface area contributed by atoms with Crippen LogP contribution in [0.5, 0.6) is 0 Å². The van der Waals surface area contributed by atoms with Gasteiger partial charge in [-0.25, -0.2) is 4.98 Å². The van der Waals surface area contributed by atoms with E-state index in [4.69, 9.17) is 10.4 Å². The van der Waals surface area contributed by atoms with Gasteiger partial charge in [-0.3, -0.25) is 9.81 Å². The number of hydrogen-bond donors (Lipinski definition) is 2. The number of pyridine rings is 1. The van der Waals surface area contributed by atoms with Gasteiger partial charge in [0.2, 0.25) is 0 Å². The molecule has 0 atom stereocenters. The van der Waals surface area contributed by atoms with Gasteiger partial charge >= 0.3 is 31.1 Å². The largest absolute Gasteiger partial charge is 2.00 e. The minimum atomic E-state index is 0. The van der Waals surface area contributed by atoms with Crippen LogP contribution in [-0.2, 0) is 0 Å². The third kappa shape index (κ3) is 5.34. The number of nitrogens with one attached hydrogen (secondary N) is 2. The van der Waals surface area contributed by atoms with Gasteiger partial charge in [-0.2, -0.15) is 18.2 Å². The molecule has 162 valence electrons. The Morgan fingerprint density at radius 1 is 1.19 bits per heavy atom. The quantitative estimate of drug-likeness (QED) is 0.428. The van der Waals surface area contributed by atoms with Crippen molar-refractivity contribution in [3.8, 4) is 11.3 Å². The van der Waals surface area contributed by atoms with Gasteiger partial charge in [0.15, 0.2) is 0 Å². The van der Waals surface area contributed by atoms with Gasteiger partial charge in [0.25, 0.3) is 0 Å². The number of piperidine rings is 1. The number of hydrogen-bond acceptors (Lipinski definition) is 5. The number of aromatic nitrogens is 2. The molecule has 2 N–H and O–H groups in total. The topological polar surface area (TPSA) is 59.7 Å². The molecule has 1 aliphatic rings. The van der Waals surface area contributed by atoms with Gasteiger partial charge in [0.05, 0.1) is 11.4 Å². The van der Waals surface area contributed by atoms with Gasteiger partial charge in [-0.15, -0.1) is 11.6 Å². The van der Waals surface area contributed by atoms with Crippen molar-refractivity contribution in [3.05, 3.63) is 61.1 Å². The summed E-state index contributed by atoms with van der Waals surface area (Å²) in [7, 11) is 6.20. The number of rotatable bonds is 4. The number of anilines is 2. The van der Waals surface area contributed by atoms with Crippen molar-refractivity contribution >= 4 is 17.0 Å². The van der Waals surface area contributed by atoms with E-state index in [0.717, 1.165) is 41.2 Å². The van der Waals surface area contributed by atoms with Crippen LogP contribution in [0, 0.1) is 56.9 Å². The average molecular weight is 643 g/mol. The average Bonchev–Trinajstić information content (AvgIpc) is 2.74. The fraction of sp³-hybridized carbons (Fsp3) is 0.375. The summed E-state index contributed by atoms with van der Waals surface area (Å²) in [5.74, 6) is 0. The van der Waals surface area contributed by atoms with Crippen molar-refractivity contribution in [1.29, 1.82) is 5.41 Å². The summed E-state index contributed by atoms with van der Waals surface area (Å²) in [5, 5.41) is 11.7. The standard InChI is InChI=1S/C23H29N6.CH3.U/c1-16-12-20(28-10-8-19(9-11-28)27(3)4)15-29-22(24)14-21(26-23(16)29)17-6-5-7-18(13-17)25-2;;/h5-6,12-15,19,24-25H,8-11H2,1-4H3;1H3;/q2*-1;+2. The molecular weight excluding hydrogens is 610 g/mol. The van der Waals surface area contributed by atoms with E-state index in [1.54, 1.807) is 0 Å². The molecule has 6 nitrogen and oxygen atoms in total. The molecule has 0 bridgehead atoms. The second-order valence-electron chi connectivity index (χ2n) is 8.02. The summed E-state index contributed by atoms with van der Waals surface area (Å²) < 4.78 is 1.90. The Balaban J connectivity index is 0.00000171. The summed E-state index contributed by atoms with van der Waals surface area (Å²) in [5.41, 5.74) is 6.24. The smallest absolute Gasteiger partial charge is 0.410 e. The van der Waals surface area contributed by atoms with E-state index in [1.165, 1.54) is 18.5 Å². The molecule has 0 saturated carbocycles. The Kier molecular flexibility index (Phi) is 8.76. The zero-order valence-corrected chi connectivity index (χ0v) is 23.3. The first-order valence-electron chi connectivity index (χ1n) is 10.2. The minimum absolute atomic E-state index is 0. The summed E-state index contributed by atoms with van der Waals surface area (Å²) in [6, 6.07) is 13.7. The minimum Gasteiger partial charge on any atom is -0.410 e. The van der Waals surface area contributed by atoms with Crippen molar-refractivity contribution in [2.75, 3.05) is 44.4 Å². The van der Waals surface area contributed by atoms with E-state index in [2.05, 4.69) is 54.5 Å². The molecule has 0 spiro atoms. The summed E-state index contributed by atoms with van der Waals surface area (Å²) in [6.07, 6.45) is 4.40. The predicted molar refractivity (Wildman–Crippen MR) is 125 cm³/mol. The summed E-state index contributed by atoms with van der Waals surface area (Å²) in [4.78, 5) is 9.63. The molecule has 0 radical (unpaired) electrons. The first kappa shape index (κ1) is 25.5. The van der Waals surface area contributed by atoms with Crippen LogP contribution in [0.2, 0.25) is 0 Å². The molecule has 3 aromatic rings. The van der Waals surface area contributed by atoms with Crippen LogP contribution < -0.4 is 15.7 Å². The van der Waals surface area contributed by atoms with Crippen molar-refractivity contribution in [2.24, 2.45) is 0 Å². The van der Waals surface area contributed by atoms with Crippen LogP contribution >= 0.6 is 0 Å². The number of fused-ring (bicyclic) bond motifs is 1. The van der Waals surface area contributed by atoms with Crippen molar-refractivity contribution in [1.82, 2.24) is 14.3 Å². The second-order valence-corrected chi connectivity index (χ2v) is 8.02. The van der Waals surface area contributed by atoms with E-state index in [9.17, 15) is 0 Å². The Bertz CT molecular complexity index is 1080. The van der Waals surface area contributed by atoms with Gasteiger partial charge < -0.3 is 22.5 Å². The third-order valence-corrected chi connectivity index (χ3v) is 5.89. The Morgan fingerprint density at radius 3 is 2.55 bits per heavy atom. The number of benzene rings is 1. The van der Waals surface area contributed by atoms with Crippen molar-refractivity contribution in [3.63, 3.8) is 0 Å². The van der Waals surface area contributed by atoms with E-state index >= 15 is 0 Å². The maximum absolute atomic E-state index is 8.62. The van der Waals surface area contributed by atoms with E-state index < -0.39 is 0 Å². The Morgan fingerprint density at radius 2 is 1.90 bits per heavy atom. The molecular formula is C24H32N6U. The summed E-state index contributed by atoms with van der Waals surface area (Å²) in [6.45, 7) is 4.17. The predicted octanol–water partition coefficient (Wildman–Crippen LogP) is 3.61. The molecule has 0 amide bonds. The van der Waals surface area contributed by atoms with Crippen molar-refractivity contribution in [2.45, 2.75) is 25.8 Å². The first-order chi connectivity index (χ1) is 14.0. The molecule has 1 aliphatic heterocycles. The molecule has 0 unspecified atom stereocenters. The first-order valence-corrected chi connectivity index (χ1v) is 10.2. The molecule has 3 heterocycles. The van der Waals surface area contributed by atoms with Crippen LogP contribution in [0.4, 0.5) is 11.4 Å². The van der Waals surface area contributed by atoms with Crippen LogP contribution in [0.25, 0.3) is 16.9 Å². The number of aryl methyl sites for hydroxylation is 1. The van der Waals surface area contributed by atoms with E-state index in [1.807, 2.05) is 35.7 Å². The van der Waals surface area contributed by atoms with Gasteiger partial charge in [0, 0.05) is 38.4 Å². The van der Waals surface area contributed by atoms with Gasteiger partial charge in [-0.1, -0.05) is 5.69 Å². The zero-order valence-electron chi connectivity index (χ0n) is 19.2. The Labute approximate surface area is 209 Å². The molecule has 4 rings (SSSR count). The Hall–Kier alpha value is -1.81. The van der Waals surface area contributed by atoms with Crippen LogP contribution in [-0.4, -0.2) is 54.6 Å². The van der Waals surface area contributed by atoms with Crippen LogP contribution in [0.1, 0.15) is 18.4 Å². The maximum atomic E-state index is 8.62. The zero-order chi connectivity index (χ0) is 20.5. The molecule has 1 saturated heterocycles. The monoisotopic (exact) mass is 642 g/mol.